The average molecular weight is 530 g/mol. The highest BCUT2D eigenvalue weighted by molar-refractivity contribution is 14.0. The number of rotatable bonds is 8. The molecule has 0 aromatic heterocycles. The van der Waals surface area contributed by atoms with Crippen LogP contribution in [0.3, 0.4) is 0 Å². The van der Waals surface area contributed by atoms with E-state index in [-0.39, 0.29) is 47.9 Å². The molecule has 3 unspecified atom stereocenters. The first-order valence-electron chi connectivity index (χ1n) is 10.7. The van der Waals surface area contributed by atoms with E-state index in [0.29, 0.717) is 12.6 Å². The Kier molecular flexibility index (Phi) is 10.0. The molecule has 1 amide bonds. The summed E-state index contributed by atoms with van der Waals surface area (Å²) in [6.45, 7) is 2.63. The van der Waals surface area contributed by atoms with Crippen molar-refractivity contribution in [2.45, 2.75) is 63.6 Å². The van der Waals surface area contributed by atoms with Crippen LogP contribution in [0.1, 0.15) is 45.4 Å². The molecule has 0 radical (unpaired) electrons. The quantitative estimate of drug-likeness (QED) is 0.274. The van der Waals surface area contributed by atoms with E-state index in [0.717, 1.165) is 56.0 Å². The van der Waals surface area contributed by atoms with Gasteiger partial charge in [-0.15, -0.1) is 24.0 Å². The van der Waals surface area contributed by atoms with Crippen LogP contribution in [0.5, 0.6) is 11.5 Å². The lowest BCUT2D eigenvalue weighted by Crippen LogP contribution is -2.48. The monoisotopic (exact) mass is 530 g/mol. The lowest BCUT2D eigenvalue weighted by Gasteiger charge is -2.30. The first kappa shape index (κ1) is 24.6. The average Bonchev–Trinajstić information content (AvgIpc) is 3.55. The highest BCUT2D eigenvalue weighted by Gasteiger charge is 2.31. The maximum absolute atomic E-state index is 12.4. The van der Waals surface area contributed by atoms with Crippen LogP contribution in [0.15, 0.2) is 29.3 Å². The normalized spacial score (nSPS) is 22.3. The zero-order valence-electron chi connectivity index (χ0n) is 18.1. The standard InChI is InChI=1S/C22H34N4O3.HI/c1-15(29-20-9-5-8-19(13-20)28-3)14-24-22(23-2)26-18-7-4-6-16(12-18)21(27)25-17-10-11-17;/h5,8-9,13,15-18H,4,6-7,10-12,14H2,1-3H3,(H,25,27)(H2,23,24,26);1H. The minimum atomic E-state index is -0.0379. The summed E-state index contributed by atoms with van der Waals surface area (Å²) in [5.74, 6) is 2.63. The number of methoxy groups -OCH3 is 1. The molecule has 30 heavy (non-hydrogen) atoms. The van der Waals surface area contributed by atoms with Gasteiger partial charge in [0, 0.05) is 31.1 Å². The molecule has 3 N–H and O–H groups in total. The summed E-state index contributed by atoms with van der Waals surface area (Å²) >= 11 is 0. The summed E-state index contributed by atoms with van der Waals surface area (Å²) in [6.07, 6.45) is 6.18. The summed E-state index contributed by atoms with van der Waals surface area (Å²) in [4.78, 5) is 16.7. The Morgan fingerprint density at radius 2 is 1.93 bits per heavy atom. The van der Waals surface area contributed by atoms with Crippen molar-refractivity contribution in [1.29, 1.82) is 0 Å². The molecule has 2 aliphatic rings. The van der Waals surface area contributed by atoms with Crippen LogP contribution < -0.4 is 25.4 Å². The van der Waals surface area contributed by atoms with Crippen molar-refractivity contribution in [3.63, 3.8) is 0 Å². The van der Waals surface area contributed by atoms with E-state index in [1.165, 1.54) is 0 Å². The third-order valence-corrected chi connectivity index (χ3v) is 5.47. The molecule has 2 saturated carbocycles. The molecule has 0 bridgehead atoms. The van der Waals surface area contributed by atoms with E-state index in [1.807, 2.05) is 31.2 Å². The summed E-state index contributed by atoms with van der Waals surface area (Å²) in [7, 11) is 3.41. The molecule has 8 heteroatoms. The van der Waals surface area contributed by atoms with Crippen molar-refractivity contribution < 1.29 is 14.3 Å². The molecule has 2 fully saturated rings. The van der Waals surface area contributed by atoms with E-state index >= 15 is 0 Å². The number of carbonyl (C=O) groups excluding carboxylic acids is 1. The van der Waals surface area contributed by atoms with Gasteiger partial charge in [-0.3, -0.25) is 9.79 Å². The Labute approximate surface area is 196 Å². The first-order valence-corrected chi connectivity index (χ1v) is 10.7. The molecule has 168 valence electrons. The van der Waals surface area contributed by atoms with Gasteiger partial charge in [0.1, 0.15) is 17.6 Å². The van der Waals surface area contributed by atoms with E-state index in [1.54, 1.807) is 14.2 Å². The third kappa shape index (κ3) is 7.85. The highest BCUT2D eigenvalue weighted by Crippen LogP contribution is 2.26. The SMILES string of the molecule is CN=C(NCC(C)Oc1cccc(OC)c1)NC1CCCC(C(=O)NC2CC2)C1.I. The molecule has 3 atom stereocenters. The number of amides is 1. The fourth-order valence-corrected chi connectivity index (χ4v) is 3.68. The highest BCUT2D eigenvalue weighted by atomic mass is 127. The van der Waals surface area contributed by atoms with Crippen molar-refractivity contribution in [2.24, 2.45) is 10.9 Å². The third-order valence-electron chi connectivity index (χ3n) is 5.47. The van der Waals surface area contributed by atoms with Gasteiger partial charge in [-0.2, -0.15) is 0 Å². The molecule has 0 aliphatic heterocycles. The van der Waals surface area contributed by atoms with E-state index in [4.69, 9.17) is 9.47 Å². The number of ether oxygens (including phenoxy) is 2. The van der Waals surface area contributed by atoms with Crippen LogP contribution >= 0.6 is 24.0 Å². The number of aliphatic imine (C=N–C) groups is 1. The van der Waals surface area contributed by atoms with Gasteiger partial charge in [-0.1, -0.05) is 12.5 Å². The second-order valence-electron chi connectivity index (χ2n) is 8.05. The second kappa shape index (κ2) is 12.2. The van der Waals surface area contributed by atoms with Crippen LogP contribution in [0.4, 0.5) is 0 Å². The molecule has 1 aromatic carbocycles. The summed E-state index contributed by atoms with van der Waals surface area (Å²) in [5, 5.41) is 9.96. The summed E-state index contributed by atoms with van der Waals surface area (Å²) in [5.41, 5.74) is 0. The first-order chi connectivity index (χ1) is 14.1. The molecule has 1 aromatic rings. The van der Waals surface area contributed by atoms with Crippen molar-refractivity contribution in [1.82, 2.24) is 16.0 Å². The van der Waals surface area contributed by atoms with Crippen molar-refractivity contribution in [2.75, 3.05) is 20.7 Å². The van der Waals surface area contributed by atoms with Gasteiger partial charge in [0.2, 0.25) is 5.91 Å². The van der Waals surface area contributed by atoms with Crippen LogP contribution in [-0.4, -0.2) is 50.8 Å². The predicted molar refractivity (Wildman–Crippen MR) is 130 cm³/mol. The van der Waals surface area contributed by atoms with Gasteiger partial charge >= 0.3 is 0 Å². The molecule has 0 saturated heterocycles. The summed E-state index contributed by atoms with van der Waals surface area (Å²) in [6, 6.07) is 8.28. The Bertz CT molecular complexity index is 711. The predicted octanol–water partition coefficient (Wildman–Crippen LogP) is 3.08. The minimum Gasteiger partial charge on any atom is -0.497 e. The zero-order valence-corrected chi connectivity index (χ0v) is 20.5. The number of benzene rings is 1. The molecule has 0 spiro atoms. The molecule has 0 heterocycles. The topological polar surface area (TPSA) is 84.0 Å². The smallest absolute Gasteiger partial charge is 0.223 e. The van der Waals surface area contributed by atoms with E-state index in [2.05, 4.69) is 20.9 Å². The van der Waals surface area contributed by atoms with Crippen molar-refractivity contribution >= 4 is 35.8 Å². The van der Waals surface area contributed by atoms with Crippen LogP contribution in [0.2, 0.25) is 0 Å². The van der Waals surface area contributed by atoms with Crippen LogP contribution in [0, 0.1) is 5.92 Å². The summed E-state index contributed by atoms with van der Waals surface area (Å²) < 4.78 is 11.2. The van der Waals surface area contributed by atoms with Gasteiger partial charge in [-0.25, -0.2) is 0 Å². The molecular formula is C22H35IN4O3. The van der Waals surface area contributed by atoms with Crippen LogP contribution in [-0.2, 0) is 4.79 Å². The largest absolute Gasteiger partial charge is 0.497 e. The molecule has 7 nitrogen and oxygen atoms in total. The lowest BCUT2D eigenvalue weighted by molar-refractivity contribution is -0.126. The maximum atomic E-state index is 12.4. The van der Waals surface area contributed by atoms with Gasteiger partial charge in [0.05, 0.1) is 13.7 Å². The Morgan fingerprint density at radius 3 is 2.63 bits per heavy atom. The molecular weight excluding hydrogens is 495 g/mol. The van der Waals surface area contributed by atoms with Crippen LogP contribution in [0.25, 0.3) is 0 Å². The number of hydrogen-bond acceptors (Lipinski definition) is 4. The van der Waals surface area contributed by atoms with Gasteiger partial charge in [-0.05, 0) is 51.2 Å². The fraction of sp³-hybridized carbons (Fsp3) is 0.636. The van der Waals surface area contributed by atoms with E-state index in [9.17, 15) is 4.79 Å². The number of nitrogens with zero attached hydrogens (tertiary/aromatic N) is 1. The number of guanidine groups is 1. The molecule has 2 aliphatic carbocycles. The zero-order chi connectivity index (χ0) is 20.6. The lowest BCUT2D eigenvalue weighted by atomic mass is 9.85. The van der Waals surface area contributed by atoms with Gasteiger partial charge < -0.3 is 25.4 Å². The molecule has 3 rings (SSSR count). The Morgan fingerprint density at radius 1 is 1.17 bits per heavy atom. The number of halogens is 1. The maximum Gasteiger partial charge on any atom is 0.223 e. The number of hydrogen-bond donors (Lipinski definition) is 3. The Hall–Kier alpha value is -1.71. The number of carbonyl (C=O) groups is 1. The van der Waals surface area contributed by atoms with E-state index < -0.39 is 0 Å². The minimum absolute atomic E-state index is 0. The van der Waals surface area contributed by atoms with Gasteiger partial charge in [0.15, 0.2) is 5.96 Å². The Balaban J connectivity index is 0.00000320. The number of nitrogens with one attached hydrogen (secondary N) is 3. The second-order valence-corrected chi connectivity index (χ2v) is 8.05. The van der Waals surface area contributed by atoms with Crippen molar-refractivity contribution in [3.8, 4) is 11.5 Å². The fourth-order valence-electron chi connectivity index (χ4n) is 3.68. The van der Waals surface area contributed by atoms with Gasteiger partial charge in [0.25, 0.3) is 0 Å². The van der Waals surface area contributed by atoms with Crippen molar-refractivity contribution in [3.05, 3.63) is 24.3 Å².